The van der Waals surface area contributed by atoms with Crippen LogP contribution in [-0.2, 0) is 12.7 Å². The van der Waals surface area contributed by atoms with E-state index in [1.807, 2.05) is 4.98 Å². The van der Waals surface area contributed by atoms with Crippen molar-refractivity contribution >= 4 is 11.6 Å². The van der Waals surface area contributed by atoms with Crippen LogP contribution in [0.3, 0.4) is 0 Å². The standard InChI is InChI=1S/C12H8ClF3N2O2/c13-9-6-18(11(20)17-10(9)19)5-7-2-1-3-8(4-7)12(14,15)16/h1-4,6H,5H2,(H,17,19,20). The average molecular weight is 305 g/mol. The van der Waals surface area contributed by atoms with Gasteiger partial charge in [0.15, 0.2) is 0 Å². The van der Waals surface area contributed by atoms with E-state index in [2.05, 4.69) is 0 Å². The number of alkyl halides is 3. The van der Waals surface area contributed by atoms with Gasteiger partial charge in [0.2, 0.25) is 0 Å². The minimum absolute atomic E-state index is 0.126. The van der Waals surface area contributed by atoms with E-state index in [-0.39, 0.29) is 17.1 Å². The summed E-state index contributed by atoms with van der Waals surface area (Å²) < 4.78 is 38.7. The van der Waals surface area contributed by atoms with Crippen LogP contribution in [0.25, 0.3) is 0 Å². The molecule has 0 aliphatic carbocycles. The molecule has 1 N–H and O–H groups in total. The maximum absolute atomic E-state index is 12.6. The van der Waals surface area contributed by atoms with Crippen LogP contribution in [0.4, 0.5) is 13.2 Å². The first-order valence-electron chi connectivity index (χ1n) is 5.43. The molecule has 2 rings (SSSR count). The zero-order valence-electron chi connectivity index (χ0n) is 9.87. The normalized spacial score (nSPS) is 11.6. The molecule has 0 aliphatic rings. The topological polar surface area (TPSA) is 54.9 Å². The number of halogens is 4. The number of hydrogen-bond acceptors (Lipinski definition) is 2. The largest absolute Gasteiger partial charge is 0.416 e. The van der Waals surface area contributed by atoms with Gasteiger partial charge in [0.05, 0.1) is 12.1 Å². The molecule has 2 aromatic rings. The third-order valence-corrected chi connectivity index (χ3v) is 2.84. The van der Waals surface area contributed by atoms with Crippen molar-refractivity contribution in [3.05, 3.63) is 67.4 Å². The van der Waals surface area contributed by atoms with Crippen LogP contribution in [0, 0.1) is 0 Å². The molecule has 0 radical (unpaired) electrons. The molecule has 0 atom stereocenters. The summed E-state index contributed by atoms with van der Waals surface area (Å²) in [5, 5.41) is -0.212. The Morgan fingerprint density at radius 2 is 1.95 bits per heavy atom. The molecule has 0 amide bonds. The third-order valence-electron chi connectivity index (χ3n) is 2.57. The SMILES string of the molecule is O=c1[nH]c(=O)n(Cc2cccc(C(F)(F)F)c2)cc1Cl. The van der Waals surface area contributed by atoms with Crippen molar-refractivity contribution in [1.82, 2.24) is 9.55 Å². The summed E-state index contributed by atoms with van der Waals surface area (Å²) in [4.78, 5) is 24.6. The van der Waals surface area contributed by atoms with Crippen molar-refractivity contribution in [1.29, 1.82) is 0 Å². The minimum atomic E-state index is -4.45. The van der Waals surface area contributed by atoms with E-state index in [1.54, 1.807) is 0 Å². The molecule has 0 bridgehead atoms. The van der Waals surface area contributed by atoms with Gasteiger partial charge >= 0.3 is 11.9 Å². The monoisotopic (exact) mass is 304 g/mol. The van der Waals surface area contributed by atoms with Gasteiger partial charge in [0.25, 0.3) is 5.56 Å². The van der Waals surface area contributed by atoms with Crippen molar-refractivity contribution in [2.45, 2.75) is 12.7 Å². The molecule has 0 saturated carbocycles. The Morgan fingerprint density at radius 3 is 2.60 bits per heavy atom. The number of benzene rings is 1. The first-order chi connectivity index (χ1) is 9.27. The quantitative estimate of drug-likeness (QED) is 0.925. The second kappa shape index (κ2) is 5.16. The van der Waals surface area contributed by atoms with E-state index in [4.69, 9.17) is 11.6 Å². The Bertz CT molecular complexity index is 749. The number of aromatic amines is 1. The average Bonchev–Trinajstić information content (AvgIpc) is 2.35. The molecule has 106 valence electrons. The fourth-order valence-electron chi connectivity index (χ4n) is 1.64. The van der Waals surface area contributed by atoms with E-state index in [0.29, 0.717) is 0 Å². The van der Waals surface area contributed by atoms with Crippen LogP contribution < -0.4 is 11.2 Å². The highest BCUT2D eigenvalue weighted by molar-refractivity contribution is 6.30. The van der Waals surface area contributed by atoms with Gasteiger partial charge in [-0.15, -0.1) is 0 Å². The highest BCUT2D eigenvalue weighted by Crippen LogP contribution is 2.29. The highest BCUT2D eigenvalue weighted by atomic mass is 35.5. The zero-order valence-corrected chi connectivity index (χ0v) is 10.6. The first-order valence-corrected chi connectivity index (χ1v) is 5.80. The second-order valence-corrected chi connectivity index (χ2v) is 4.47. The predicted octanol–water partition coefficient (Wildman–Crippen LogP) is 2.26. The lowest BCUT2D eigenvalue weighted by Crippen LogP contribution is -2.30. The van der Waals surface area contributed by atoms with Gasteiger partial charge in [-0.3, -0.25) is 14.3 Å². The molecule has 1 aromatic heterocycles. The molecule has 8 heteroatoms. The van der Waals surface area contributed by atoms with Crippen LogP contribution in [0.1, 0.15) is 11.1 Å². The molecular formula is C12H8ClF3N2O2. The highest BCUT2D eigenvalue weighted by Gasteiger charge is 2.30. The maximum atomic E-state index is 12.6. The smallest absolute Gasteiger partial charge is 0.295 e. The fraction of sp³-hybridized carbons (Fsp3) is 0.167. The summed E-state index contributed by atoms with van der Waals surface area (Å²) >= 11 is 5.57. The van der Waals surface area contributed by atoms with Crippen LogP contribution >= 0.6 is 11.6 Å². The van der Waals surface area contributed by atoms with Gasteiger partial charge in [0, 0.05) is 6.20 Å². The van der Waals surface area contributed by atoms with Crippen LogP contribution in [-0.4, -0.2) is 9.55 Å². The molecule has 4 nitrogen and oxygen atoms in total. The molecule has 0 unspecified atom stereocenters. The van der Waals surface area contributed by atoms with Gasteiger partial charge in [0.1, 0.15) is 5.02 Å². The van der Waals surface area contributed by atoms with Crippen LogP contribution in [0.15, 0.2) is 40.1 Å². The van der Waals surface area contributed by atoms with Crippen molar-refractivity contribution in [2.75, 3.05) is 0 Å². The molecule has 1 heterocycles. The lowest BCUT2D eigenvalue weighted by atomic mass is 10.1. The Balaban J connectivity index is 2.38. The van der Waals surface area contributed by atoms with Gasteiger partial charge in [-0.2, -0.15) is 13.2 Å². The van der Waals surface area contributed by atoms with E-state index in [0.717, 1.165) is 22.9 Å². The Hall–Kier alpha value is -2.02. The molecule has 0 spiro atoms. The van der Waals surface area contributed by atoms with Gasteiger partial charge in [-0.25, -0.2) is 4.79 Å². The fourth-order valence-corrected chi connectivity index (χ4v) is 1.81. The Morgan fingerprint density at radius 1 is 1.25 bits per heavy atom. The summed E-state index contributed by atoms with van der Waals surface area (Å²) in [5.74, 6) is 0. The lowest BCUT2D eigenvalue weighted by Gasteiger charge is -2.10. The number of H-pyrrole nitrogens is 1. The first kappa shape index (κ1) is 14.4. The predicted molar refractivity (Wildman–Crippen MR) is 66.9 cm³/mol. The summed E-state index contributed by atoms with van der Waals surface area (Å²) in [5.41, 5.74) is -2.02. The molecule has 1 aromatic carbocycles. The summed E-state index contributed by atoms with van der Waals surface area (Å²) in [6.45, 7) is -0.126. The molecule has 20 heavy (non-hydrogen) atoms. The number of aromatic nitrogens is 2. The van der Waals surface area contributed by atoms with Crippen LogP contribution in [0.2, 0.25) is 5.02 Å². The number of rotatable bonds is 2. The minimum Gasteiger partial charge on any atom is -0.295 e. The van der Waals surface area contributed by atoms with Crippen LogP contribution in [0.5, 0.6) is 0 Å². The summed E-state index contributed by atoms with van der Waals surface area (Å²) in [6, 6.07) is 4.56. The molecule has 0 saturated heterocycles. The molecular weight excluding hydrogens is 297 g/mol. The van der Waals surface area contributed by atoms with Gasteiger partial charge < -0.3 is 0 Å². The lowest BCUT2D eigenvalue weighted by molar-refractivity contribution is -0.137. The summed E-state index contributed by atoms with van der Waals surface area (Å²) in [6.07, 6.45) is -3.37. The van der Waals surface area contributed by atoms with Gasteiger partial charge in [-0.05, 0) is 17.7 Å². The third kappa shape index (κ3) is 3.11. The Labute approximate surface area is 115 Å². The maximum Gasteiger partial charge on any atom is 0.416 e. The number of nitrogens with zero attached hydrogens (tertiary/aromatic N) is 1. The van der Waals surface area contributed by atoms with E-state index < -0.39 is 23.0 Å². The van der Waals surface area contributed by atoms with Gasteiger partial charge in [-0.1, -0.05) is 23.7 Å². The Kier molecular flexibility index (Phi) is 3.71. The molecule has 0 fully saturated rings. The molecule has 0 aliphatic heterocycles. The number of hydrogen-bond donors (Lipinski definition) is 1. The zero-order chi connectivity index (χ0) is 14.9. The second-order valence-electron chi connectivity index (χ2n) is 4.06. The number of nitrogens with one attached hydrogen (secondary N) is 1. The van der Waals surface area contributed by atoms with Crippen molar-refractivity contribution < 1.29 is 13.2 Å². The van der Waals surface area contributed by atoms with Crippen molar-refractivity contribution in [3.8, 4) is 0 Å². The van der Waals surface area contributed by atoms with E-state index >= 15 is 0 Å². The van der Waals surface area contributed by atoms with Crippen molar-refractivity contribution in [2.24, 2.45) is 0 Å². The van der Waals surface area contributed by atoms with Crippen molar-refractivity contribution in [3.63, 3.8) is 0 Å². The van der Waals surface area contributed by atoms with E-state index in [1.165, 1.54) is 12.1 Å². The van der Waals surface area contributed by atoms with E-state index in [9.17, 15) is 22.8 Å². The summed E-state index contributed by atoms with van der Waals surface area (Å²) in [7, 11) is 0.